The van der Waals surface area contributed by atoms with E-state index >= 15 is 0 Å². The number of nitro groups is 1. The molecule has 0 radical (unpaired) electrons. The van der Waals surface area contributed by atoms with Crippen molar-refractivity contribution >= 4 is 28.4 Å². The molecule has 0 saturated carbocycles. The average Bonchev–Trinajstić information content (AvgIpc) is 2.66. The van der Waals surface area contributed by atoms with Crippen molar-refractivity contribution in [2.45, 2.75) is 6.54 Å². The Morgan fingerprint density at radius 2 is 1.85 bits per heavy atom. The van der Waals surface area contributed by atoms with Gasteiger partial charge in [0.1, 0.15) is 0 Å². The van der Waals surface area contributed by atoms with Gasteiger partial charge in [-0.05, 0) is 29.8 Å². The number of nitro benzene ring substituents is 1. The molecule has 0 spiro atoms. The summed E-state index contributed by atoms with van der Waals surface area (Å²) < 4.78 is 0. The van der Waals surface area contributed by atoms with E-state index in [4.69, 9.17) is 0 Å². The molecule has 0 fully saturated rings. The minimum atomic E-state index is -0.484. The first kappa shape index (κ1) is 17.0. The van der Waals surface area contributed by atoms with Crippen LogP contribution in [0, 0.1) is 10.1 Å². The van der Waals surface area contributed by atoms with Gasteiger partial charge >= 0.3 is 0 Å². The van der Waals surface area contributed by atoms with Crippen molar-refractivity contribution in [3.05, 3.63) is 86.3 Å². The van der Waals surface area contributed by atoms with Gasteiger partial charge in [0.05, 0.1) is 22.5 Å². The Morgan fingerprint density at radius 3 is 2.54 bits per heavy atom. The van der Waals surface area contributed by atoms with Gasteiger partial charge < -0.3 is 5.32 Å². The Bertz CT molecular complexity index is 1050. The first-order valence-electron chi connectivity index (χ1n) is 7.71. The summed E-state index contributed by atoms with van der Waals surface area (Å²) in [4.78, 5) is 33.8. The molecule has 0 unspecified atom stereocenters. The Morgan fingerprint density at radius 1 is 1.15 bits per heavy atom. The van der Waals surface area contributed by atoms with Gasteiger partial charge in [0.15, 0.2) is 0 Å². The normalized spacial score (nSPS) is 10.9. The Labute approximate surface area is 147 Å². The number of amides is 1. The number of hydrogen-bond acceptors (Lipinski definition) is 5. The summed E-state index contributed by atoms with van der Waals surface area (Å²) in [6.45, 7) is 0.154. The van der Waals surface area contributed by atoms with E-state index in [0.717, 1.165) is 0 Å². The summed E-state index contributed by atoms with van der Waals surface area (Å²) in [5.41, 5.74) is 0.923. The van der Waals surface area contributed by atoms with Crippen LogP contribution in [0.4, 0.5) is 5.69 Å². The predicted octanol–water partition coefficient (Wildman–Crippen LogP) is 2.16. The maximum absolute atomic E-state index is 12.0. The van der Waals surface area contributed by atoms with Crippen molar-refractivity contribution in [2.24, 2.45) is 0 Å². The largest absolute Gasteiger partial charge is 0.347 e. The highest BCUT2D eigenvalue weighted by atomic mass is 16.6. The van der Waals surface area contributed by atoms with Gasteiger partial charge in [-0.1, -0.05) is 18.2 Å². The third-order valence-electron chi connectivity index (χ3n) is 3.74. The molecule has 26 heavy (non-hydrogen) atoms. The third kappa shape index (κ3) is 3.81. The molecule has 2 N–H and O–H groups in total. The molecule has 1 amide bonds. The van der Waals surface area contributed by atoms with Crippen LogP contribution in [0.15, 0.2) is 59.4 Å². The highest BCUT2D eigenvalue weighted by Crippen LogP contribution is 2.13. The van der Waals surface area contributed by atoms with Crippen LogP contribution in [-0.4, -0.2) is 21.0 Å². The molecule has 0 atom stereocenters. The minimum Gasteiger partial charge on any atom is -0.347 e. The second-order valence-electron chi connectivity index (χ2n) is 5.44. The van der Waals surface area contributed by atoms with Crippen LogP contribution in [0.3, 0.4) is 0 Å². The lowest BCUT2D eigenvalue weighted by Gasteiger charge is -2.05. The monoisotopic (exact) mass is 350 g/mol. The molecular formula is C18H14N4O4. The number of carbonyl (C=O) groups excluding carboxylic acids is 1. The lowest BCUT2D eigenvalue weighted by atomic mass is 10.1. The van der Waals surface area contributed by atoms with Crippen molar-refractivity contribution in [3.63, 3.8) is 0 Å². The Hall–Kier alpha value is -3.81. The first-order chi connectivity index (χ1) is 12.5. The summed E-state index contributed by atoms with van der Waals surface area (Å²) in [6, 6.07) is 12.9. The van der Waals surface area contributed by atoms with E-state index in [1.807, 2.05) is 0 Å². The fourth-order valence-electron chi connectivity index (χ4n) is 2.42. The molecule has 0 bridgehead atoms. The highest BCUT2D eigenvalue weighted by Gasteiger charge is 2.07. The number of fused-ring (bicyclic) bond motifs is 1. The minimum absolute atomic E-state index is 0.0115. The van der Waals surface area contributed by atoms with Crippen LogP contribution in [0.5, 0.6) is 0 Å². The van der Waals surface area contributed by atoms with E-state index in [9.17, 15) is 19.7 Å². The van der Waals surface area contributed by atoms with Crippen LogP contribution >= 0.6 is 0 Å². The second-order valence-corrected chi connectivity index (χ2v) is 5.44. The molecule has 8 heteroatoms. The topological polar surface area (TPSA) is 118 Å². The number of aromatic amines is 1. The van der Waals surface area contributed by atoms with E-state index in [0.29, 0.717) is 22.0 Å². The van der Waals surface area contributed by atoms with Crippen LogP contribution < -0.4 is 10.9 Å². The predicted molar refractivity (Wildman–Crippen MR) is 96.3 cm³/mol. The maximum Gasteiger partial charge on any atom is 0.272 e. The van der Waals surface area contributed by atoms with Crippen molar-refractivity contribution in [1.82, 2.24) is 15.5 Å². The number of H-pyrrole nitrogens is 1. The fourth-order valence-corrected chi connectivity index (χ4v) is 2.42. The van der Waals surface area contributed by atoms with Gasteiger partial charge in [0.25, 0.3) is 11.2 Å². The quantitative estimate of drug-likeness (QED) is 0.415. The summed E-state index contributed by atoms with van der Waals surface area (Å²) in [5.74, 6) is -0.347. The number of hydrogen-bond donors (Lipinski definition) is 2. The summed E-state index contributed by atoms with van der Waals surface area (Å²) >= 11 is 0. The van der Waals surface area contributed by atoms with E-state index < -0.39 is 4.92 Å². The van der Waals surface area contributed by atoms with Gasteiger partial charge in [0.2, 0.25) is 5.91 Å². The Kier molecular flexibility index (Phi) is 4.84. The number of non-ortho nitro benzene ring substituents is 1. The average molecular weight is 350 g/mol. The number of carbonyl (C=O) groups is 1. The molecule has 130 valence electrons. The molecule has 3 rings (SSSR count). The summed E-state index contributed by atoms with van der Waals surface area (Å²) in [5, 5.41) is 20.9. The molecule has 2 aromatic carbocycles. The van der Waals surface area contributed by atoms with Gasteiger partial charge in [-0.3, -0.25) is 19.7 Å². The van der Waals surface area contributed by atoms with Crippen molar-refractivity contribution in [1.29, 1.82) is 0 Å². The summed E-state index contributed by atoms with van der Waals surface area (Å²) in [6.07, 6.45) is 2.88. The molecule has 8 nitrogen and oxygen atoms in total. The van der Waals surface area contributed by atoms with Crippen LogP contribution in [0.1, 0.15) is 11.3 Å². The molecule has 3 aromatic rings. The molecule has 0 aliphatic heterocycles. The number of nitrogens with zero attached hydrogens (tertiary/aromatic N) is 2. The zero-order valence-corrected chi connectivity index (χ0v) is 13.5. The lowest BCUT2D eigenvalue weighted by Crippen LogP contribution is -2.22. The van der Waals surface area contributed by atoms with Crippen LogP contribution in [0.2, 0.25) is 0 Å². The second kappa shape index (κ2) is 7.39. The highest BCUT2D eigenvalue weighted by molar-refractivity contribution is 5.92. The fraction of sp³-hybridized carbons (Fsp3) is 0.0556. The zero-order chi connectivity index (χ0) is 18.5. The van der Waals surface area contributed by atoms with E-state index in [1.54, 1.807) is 42.5 Å². The number of benzene rings is 2. The lowest BCUT2D eigenvalue weighted by molar-refractivity contribution is -0.384. The van der Waals surface area contributed by atoms with Gasteiger partial charge in [-0.25, -0.2) is 5.10 Å². The SMILES string of the molecule is O=C(/C=C/c1ccc([N+](=O)[O-])cc1)NCc1n[nH]c(=O)c2ccccc12. The van der Waals surface area contributed by atoms with Crippen LogP contribution in [-0.2, 0) is 11.3 Å². The third-order valence-corrected chi connectivity index (χ3v) is 3.74. The number of nitrogens with one attached hydrogen (secondary N) is 2. The molecule has 1 aromatic heterocycles. The molecule has 0 saturated heterocycles. The maximum atomic E-state index is 12.0. The number of aromatic nitrogens is 2. The van der Waals surface area contributed by atoms with Gasteiger partial charge in [0, 0.05) is 23.6 Å². The Balaban J connectivity index is 1.67. The molecular weight excluding hydrogens is 336 g/mol. The van der Waals surface area contributed by atoms with Crippen molar-refractivity contribution < 1.29 is 9.72 Å². The van der Waals surface area contributed by atoms with Crippen molar-refractivity contribution in [2.75, 3.05) is 0 Å². The van der Waals surface area contributed by atoms with E-state index in [-0.39, 0.29) is 23.7 Å². The van der Waals surface area contributed by atoms with Gasteiger partial charge in [-0.15, -0.1) is 0 Å². The smallest absolute Gasteiger partial charge is 0.272 e. The standard InChI is InChI=1S/C18H14N4O4/c23-17(10-7-12-5-8-13(9-6-12)22(25)26)19-11-16-14-3-1-2-4-15(14)18(24)21-20-16/h1-10H,11H2,(H,19,23)(H,21,24)/b10-7+. The van der Waals surface area contributed by atoms with Crippen molar-refractivity contribution in [3.8, 4) is 0 Å². The van der Waals surface area contributed by atoms with E-state index in [1.165, 1.54) is 18.2 Å². The zero-order valence-electron chi connectivity index (χ0n) is 13.5. The first-order valence-corrected chi connectivity index (χ1v) is 7.71. The molecule has 0 aliphatic carbocycles. The summed E-state index contributed by atoms with van der Waals surface area (Å²) in [7, 11) is 0. The molecule has 1 heterocycles. The van der Waals surface area contributed by atoms with Crippen LogP contribution in [0.25, 0.3) is 16.8 Å². The molecule has 0 aliphatic rings. The van der Waals surface area contributed by atoms with E-state index in [2.05, 4.69) is 15.5 Å². The van der Waals surface area contributed by atoms with Gasteiger partial charge in [-0.2, -0.15) is 5.10 Å². The number of rotatable bonds is 5.